The monoisotopic (exact) mass is 415 g/mol. The highest BCUT2D eigenvalue weighted by Gasteiger charge is 2.37. The maximum Gasteiger partial charge on any atom is 0.242 e. The topological polar surface area (TPSA) is 71.1 Å². The summed E-state index contributed by atoms with van der Waals surface area (Å²) in [5, 5.41) is 3.11. The van der Waals surface area contributed by atoms with Crippen molar-refractivity contribution in [2.75, 3.05) is 38.3 Å². The van der Waals surface area contributed by atoms with Crippen LogP contribution in [0.5, 0.6) is 11.5 Å². The molecule has 0 unspecified atom stereocenters. The second-order valence-electron chi connectivity index (χ2n) is 8.72. The Morgan fingerprint density at radius 3 is 2.50 bits per heavy atom. The molecule has 0 radical (unpaired) electrons. The van der Waals surface area contributed by atoms with Gasteiger partial charge in [-0.3, -0.25) is 14.5 Å². The molecule has 1 aliphatic carbocycles. The van der Waals surface area contributed by atoms with Gasteiger partial charge in [-0.2, -0.15) is 0 Å². The van der Waals surface area contributed by atoms with Crippen molar-refractivity contribution < 1.29 is 19.1 Å². The van der Waals surface area contributed by atoms with Crippen molar-refractivity contribution in [2.45, 2.75) is 52.0 Å². The van der Waals surface area contributed by atoms with Gasteiger partial charge in [-0.15, -0.1) is 0 Å². The normalized spacial score (nSPS) is 21.5. The number of piperazine rings is 1. The average molecular weight is 416 g/mol. The minimum absolute atomic E-state index is 0.0440. The lowest BCUT2D eigenvalue weighted by atomic mass is 9.94. The lowest BCUT2D eigenvalue weighted by Gasteiger charge is -2.41. The SMILES string of the molecule is CC[C@H](C)C(=O)N1CCN([C@@H](C(=O)Nc2ccc3c(c2)OCO3)C2CCCC2)CC1. The molecule has 1 saturated heterocycles. The molecule has 1 aromatic rings. The summed E-state index contributed by atoms with van der Waals surface area (Å²) in [7, 11) is 0. The number of benzene rings is 1. The number of nitrogens with one attached hydrogen (secondary N) is 1. The van der Waals surface area contributed by atoms with Crippen molar-refractivity contribution in [3.05, 3.63) is 18.2 Å². The van der Waals surface area contributed by atoms with Gasteiger partial charge < -0.3 is 19.7 Å². The minimum Gasteiger partial charge on any atom is -0.454 e. The third-order valence-electron chi connectivity index (χ3n) is 6.81. The summed E-state index contributed by atoms with van der Waals surface area (Å²) in [6.45, 7) is 7.16. The zero-order valence-corrected chi connectivity index (χ0v) is 18.1. The summed E-state index contributed by atoms with van der Waals surface area (Å²) in [6, 6.07) is 5.37. The van der Waals surface area contributed by atoms with E-state index in [2.05, 4.69) is 17.1 Å². The number of ether oxygens (including phenoxy) is 2. The van der Waals surface area contributed by atoms with E-state index >= 15 is 0 Å². The van der Waals surface area contributed by atoms with Crippen LogP contribution in [0.2, 0.25) is 0 Å². The van der Waals surface area contributed by atoms with Gasteiger partial charge in [-0.05, 0) is 37.3 Å². The van der Waals surface area contributed by atoms with Gasteiger partial charge in [-0.1, -0.05) is 26.7 Å². The number of nitrogens with zero attached hydrogens (tertiary/aromatic N) is 2. The first-order chi connectivity index (χ1) is 14.6. The van der Waals surface area contributed by atoms with Crippen LogP contribution in [0.4, 0.5) is 5.69 Å². The Hall–Kier alpha value is -2.28. The van der Waals surface area contributed by atoms with Crippen molar-refractivity contribution in [1.82, 2.24) is 9.80 Å². The molecule has 4 rings (SSSR count). The maximum absolute atomic E-state index is 13.4. The summed E-state index contributed by atoms with van der Waals surface area (Å²) < 4.78 is 10.8. The third-order valence-corrected chi connectivity index (χ3v) is 6.81. The molecule has 2 aliphatic heterocycles. The van der Waals surface area contributed by atoms with Crippen LogP contribution in [-0.2, 0) is 9.59 Å². The molecule has 7 nitrogen and oxygen atoms in total. The fourth-order valence-corrected chi connectivity index (χ4v) is 4.85. The highest BCUT2D eigenvalue weighted by atomic mass is 16.7. The Labute approximate surface area is 178 Å². The fourth-order valence-electron chi connectivity index (χ4n) is 4.85. The third kappa shape index (κ3) is 4.41. The highest BCUT2D eigenvalue weighted by molar-refractivity contribution is 5.95. The Bertz CT molecular complexity index is 770. The van der Waals surface area contributed by atoms with Crippen LogP contribution in [0.15, 0.2) is 18.2 Å². The van der Waals surface area contributed by atoms with E-state index in [4.69, 9.17) is 9.47 Å². The van der Waals surface area contributed by atoms with E-state index < -0.39 is 0 Å². The van der Waals surface area contributed by atoms with E-state index in [0.717, 1.165) is 38.0 Å². The van der Waals surface area contributed by atoms with Crippen LogP contribution >= 0.6 is 0 Å². The number of amides is 2. The van der Waals surface area contributed by atoms with Crippen LogP contribution in [-0.4, -0.2) is 60.6 Å². The number of hydrogen-bond donors (Lipinski definition) is 1. The standard InChI is InChI=1S/C23H33N3O4/c1-3-16(2)23(28)26-12-10-25(11-13-26)21(17-6-4-5-7-17)22(27)24-18-8-9-19-20(14-18)30-15-29-19/h8-9,14,16-17,21H,3-7,10-13,15H2,1-2H3,(H,24,27)/t16-,21+/m0/s1. The van der Waals surface area contributed by atoms with E-state index in [1.807, 2.05) is 30.0 Å². The number of fused-ring (bicyclic) bond motifs is 1. The summed E-state index contributed by atoms with van der Waals surface area (Å²) in [6.07, 6.45) is 5.41. The molecular formula is C23H33N3O4. The van der Waals surface area contributed by atoms with Crippen LogP contribution in [0.1, 0.15) is 46.0 Å². The van der Waals surface area contributed by atoms with Crippen molar-refractivity contribution in [2.24, 2.45) is 11.8 Å². The molecular weight excluding hydrogens is 382 g/mol. The Balaban J connectivity index is 1.43. The van der Waals surface area contributed by atoms with Gasteiger partial charge in [0.05, 0.1) is 6.04 Å². The molecule has 2 heterocycles. The molecule has 0 aromatic heterocycles. The smallest absolute Gasteiger partial charge is 0.242 e. The predicted molar refractivity (Wildman–Crippen MR) is 115 cm³/mol. The fraction of sp³-hybridized carbons (Fsp3) is 0.652. The zero-order chi connectivity index (χ0) is 21.1. The van der Waals surface area contributed by atoms with Crippen molar-refractivity contribution in [3.63, 3.8) is 0 Å². The first-order valence-electron chi connectivity index (χ1n) is 11.3. The second-order valence-corrected chi connectivity index (χ2v) is 8.72. The van der Waals surface area contributed by atoms with Gasteiger partial charge in [0.15, 0.2) is 11.5 Å². The maximum atomic E-state index is 13.4. The molecule has 2 fully saturated rings. The number of hydrogen-bond acceptors (Lipinski definition) is 5. The molecule has 1 N–H and O–H groups in total. The van der Waals surface area contributed by atoms with Crippen molar-refractivity contribution in [3.8, 4) is 11.5 Å². The van der Waals surface area contributed by atoms with E-state index in [9.17, 15) is 9.59 Å². The van der Waals surface area contributed by atoms with Crippen LogP contribution < -0.4 is 14.8 Å². The molecule has 2 amide bonds. The van der Waals surface area contributed by atoms with E-state index in [1.165, 1.54) is 12.8 Å². The molecule has 0 spiro atoms. The van der Waals surface area contributed by atoms with Gasteiger partial charge in [-0.25, -0.2) is 0 Å². The number of anilines is 1. The van der Waals surface area contributed by atoms with E-state index in [-0.39, 0.29) is 30.6 Å². The summed E-state index contributed by atoms with van der Waals surface area (Å²) in [4.78, 5) is 30.2. The van der Waals surface area contributed by atoms with E-state index in [0.29, 0.717) is 30.5 Å². The first kappa shape index (κ1) is 21.0. The number of carbonyl (C=O) groups is 2. The molecule has 7 heteroatoms. The quantitative estimate of drug-likeness (QED) is 0.773. The van der Waals surface area contributed by atoms with Gasteiger partial charge in [0, 0.05) is 43.9 Å². The van der Waals surface area contributed by atoms with Crippen LogP contribution in [0, 0.1) is 11.8 Å². The predicted octanol–water partition coefficient (Wildman–Crippen LogP) is 3.10. The number of rotatable bonds is 6. The molecule has 1 aromatic carbocycles. The van der Waals surface area contributed by atoms with Crippen molar-refractivity contribution in [1.29, 1.82) is 0 Å². The lowest BCUT2D eigenvalue weighted by Crippen LogP contribution is -2.57. The molecule has 1 saturated carbocycles. The van der Waals surface area contributed by atoms with Gasteiger partial charge in [0.25, 0.3) is 0 Å². The first-order valence-corrected chi connectivity index (χ1v) is 11.3. The Morgan fingerprint density at radius 1 is 1.10 bits per heavy atom. The number of carbonyl (C=O) groups excluding carboxylic acids is 2. The second kappa shape index (κ2) is 9.25. The summed E-state index contributed by atoms with van der Waals surface area (Å²) in [5.74, 6) is 2.10. The van der Waals surface area contributed by atoms with E-state index in [1.54, 1.807) is 0 Å². The Kier molecular flexibility index (Phi) is 6.46. The molecule has 3 aliphatic rings. The van der Waals surface area contributed by atoms with Gasteiger partial charge >= 0.3 is 0 Å². The van der Waals surface area contributed by atoms with Gasteiger partial charge in [0.1, 0.15) is 0 Å². The van der Waals surface area contributed by atoms with Crippen molar-refractivity contribution >= 4 is 17.5 Å². The Morgan fingerprint density at radius 2 is 1.80 bits per heavy atom. The molecule has 164 valence electrons. The highest BCUT2D eigenvalue weighted by Crippen LogP contribution is 2.35. The van der Waals surface area contributed by atoms with Crippen LogP contribution in [0.25, 0.3) is 0 Å². The molecule has 30 heavy (non-hydrogen) atoms. The molecule has 2 atom stereocenters. The lowest BCUT2D eigenvalue weighted by molar-refractivity contribution is -0.138. The van der Waals surface area contributed by atoms with Gasteiger partial charge in [0.2, 0.25) is 18.6 Å². The zero-order valence-electron chi connectivity index (χ0n) is 18.1. The minimum atomic E-state index is -0.154. The summed E-state index contributed by atoms with van der Waals surface area (Å²) in [5.41, 5.74) is 0.734. The largest absolute Gasteiger partial charge is 0.454 e. The average Bonchev–Trinajstić information content (AvgIpc) is 3.45. The molecule has 0 bridgehead atoms. The van der Waals surface area contributed by atoms with Crippen LogP contribution in [0.3, 0.4) is 0 Å². The summed E-state index contributed by atoms with van der Waals surface area (Å²) >= 11 is 0.